The summed E-state index contributed by atoms with van der Waals surface area (Å²) in [6, 6.07) is -0.130. The van der Waals surface area contributed by atoms with E-state index in [-0.39, 0.29) is 6.04 Å². The zero-order valence-corrected chi connectivity index (χ0v) is 4.99. The molecule has 4 N–H and O–H groups in total. The van der Waals surface area contributed by atoms with Gasteiger partial charge in [-0.05, 0) is 0 Å². The van der Waals surface area contributed by atoms with Crippen molar-refractivity contribution in [1.29, 1.82) is 0 Å². The molecule has 0 radical (unpaired) electrons. The van der Waals surface area contributed by atoms with E-state index in [4.69, 9.17) is 10.9 Å². The molecule has 0 spiro atoms. The van der Waals surface area contributed by atoms with Gasteiger partial charge in [0, 0.05) is 0 Å². The van der Waals surface area contributed by atoms with E-state index < -0.39 is 6.10 Å². The van der Waals surface area contributed by atoms with E-state index in [1.54, 1.807) is 12.2 Å². The van der Waals surface area contributed by atoms with Crippen molar-refractivity contribution in [3.63, 3.8) is 0 Å². The maximum Gasteiger partial charge on any atom is 0.0925 e. The average molecular weight is 126 g/mol. The molecular weight excluding hydrogens is 116 g/mol. The summed E-state index contributed by atoms with van der Waals surface area (Å²) in [5, 5.41) is 9.09. The summed E-state index contributed by atoms with van der Waals surface area (Å²) in [6.07, 6.45) is 6.64. The predicted octanol–water partition coefficient (Wildman–Crippen LogP) is -0.695. The molecule has 0 aliphatic heterocycles. The van der Waals surface area contributed by atoms with Crippen LogP contribution in [0.25, 0.3) is 0 Å². The summed E-state index contributed by atoms with van der Waals surface area (Å²) >= 11 is 0. The van der Waals surface area contributed by atoms with Crippen LogP contribution in [0.1, 0.15) is 0 Å². The van der Waals surface area contributed by atoms with Crippen LogP contribution in [0.2, 0.25) is 0 Å². The summed E-state index contributed by atoms with van der Waals surface area (Å²) < 4.78 is 0. The largest absolute Gasteiger partial charge is 0.387 e. The lowest BCUT2D eigenvalue weighted by molar-refractivity contribution is 0.190. The van der Waals surface area contributed by atoms with Gasteiger partial charge in [-0.3, -0.25) is 11.3 Å². The topological polar surface area (TPSA) is 58.3 Å². The number of hydrazine groups is 1. The number of hydrogen-bond acceptors (Lipinski definition) is 3. The van der Waals surface area contributed by atoms with Crippen LogP contribution in [0.4, 0.5) is 0 Å². The molecule has 0 saturated carbocycles. The molecule has 0 aromatic heterocycles. The Balaban J connectivity index is 2.55. The van der Waals surface area contributed by atoms with E-state index in [0.29, 0.717) is 0 Å². The molecule has 0 unspecified atom stereocenters. The molecule has 0 fully saturated rings. The van der Waals surface area contributed by atoms with Crippen molar-refractivity contribution >= 4 is 0 Å². The maximum atomic E-state index is 9.09. The minimum atomic E-state index is -0.486. The van der Waals surface area contributed by atoms with Gasteiger partial charge in [0.1, 0.15) is 0 Å². The van der Waals surface area contributed by atoms with E-state index in [1.165, 1.54) is 0 Å². The lowest BCUT2D eigenvalue weighted by atomic mass is 10.1. The minimum Gasteiger partial charge on any atom is -0.387 e. The van der Waals surface area contributed by atoms with Crippen LogP contribution in [-0.4, -0.2) is 17.3 Å². The Hall–Kier alpha value is -0.640. The molecule has 0 saturated heterocycles. The molecule has 9 heavy (non-hydrogen) atoms. The number of hydrogen-bond donors (Lipinski definition) is 3. The number of nitrogens with one attached hydrogen (secondary N) is 1. The Morgan fingerprint density at radius 3 is 2.44 bits per heavy atom. The van der Waals surface area contributed by atoms with Crippen LogP contribution in [0.3, 0.4) is 0 Å². The molecule has 3 nitrogen and oxygen atoms in total. The minimum absolute atomic E-state index is 0.130. The van der Waals surface area contributed by atoms with Gasteiger partial charge in [-0.1, -0.05) is 24.3 Å². The lowest BCUT2D eigenvalue weighted by Gasteiger charge is -2.17. The molecule has 0 amide bonds. The Morgan fingerprint density at radius 2 is 2.00 bits per heavy atom. The van der Waals surface area contributed by atoms with Crippen LogP contribution in [0.15, 0.2) is 24.3 Å². The molecule has 0 aromatic rings. The Bertz CT molecular complexity index is 142. The number of rotatable bonds is 1. The van der Waals surface area contributed by atoms with Crippen molar-refractivity contribution in [3.05, 3.63) is 24.3 Å². The summed E-state index contributed by atoms with van der Waals surface area (Å²) in [5.41, 5.74) is 2.47. The first kappa shape index (κ1) is 6.48. The van der Waals surface area contributed by atoms with Crippen LogP contribution in [-0.2, 0) is 0 Å². The van der Waals surface area contributed by atoms with Gasteiger partial charge in [0.2, 0.25) is 0 Å². The second-order valence-corrected chi connectivity index (χ2v) is 1.95. The fourth-order valence-corrected chi connectivity index (χ4v) is 0.750. The molecule has 1 aliphatic rings. The highest BCUT2D eigenvalue weighted by atomic mass is 16.3. The molecule has 0 heterocycles. The van der Waals surface area contributed by atoms with Crippen LogP contribution < -0.4 is 11.3 Å². The van der Waals surface area contributed by atoms with Crippen molar-refractivity contribution in [1.82, 2.24) is 5.43 Å². The van der Waals surface area contributed by atoms with Crippen LogP contribution in [0.5, 0.6) is 0 Å². The van der Waals surface area contributed by atoms with Crippen molar-refractivity contribution < 1.29 is 5.11 Å². The first-order valence-electron chi connectivity index (χ1n) is 2.84. The van der Waals surface area contributed by atoms with Crippen molar-refractivity contribution in [3.8, 4) is 0 Å². The van der Waals surface area contributed by atoms with E-state index in [2.05, 4.69) is 5.43 Å². The summed E-state index contributed by atoms with van der Waals surface area (Å²) in [6.45, 7) is 0. The highest BCUT2D eigenvalue weighted by Gasteiger charge is 2.12. The van der Waals surface area contributed by atoms with Crippen LogP contribution in [0, 0.1) is 0 Å². The van der Waals surface area contributed by atoms with Gasteiger partial charge in [0.05, 0.1) is 12.1 Å². The van der Waals surface area contributed by atoms with E-state index in [0.717, 1.165) is 0 Å². The zero-order valence-electron chi connectivity index (χ0n) is 4.99. The van der Waals surface area contributed by atoms with E-state index in [9.17, 15) is 0 Å². The van der Waals surface area contributed by atoms with Gasteiger partial charge < -0.3 is 5.11 Å². The predicted molar refractivity (Wildman–Crippen MR) is 35.4 cm³/mol. The van der Waals surface area contributed by atoms with Crippen LogP contribution >= 0.6 is 0 Å². The van der Waals surface area contributed by atoms with Gasteiger partial charge >= 0.3 is 0 Å². The second-order valence-electron chi connectivity index (χ2n) is 1.95. The first-order valence-corrected chi connectivity index (χ1v) is 2.84. The molecule has 50 valence electrons. The molecule has 0 aromatic carbocycles. The molecule has 3 heteroatoms. The molecule has 1 aliphatic carbocycles. The quantitative estimate of drug-likeness (QED) is 0.322. The molecule has 1 rings (SSSR count). The Kier molecular flexibility index (Phi) is 2.00. The summed E-state index contributed by atoms with van der Waals surface area (Å²) in [5.74, 6) is 5.10. The Labute approximate surface area is 53.8 Å². The smallest absolute Gasteiger partial charge is 0.0925 e. The highest BCUT2D eigenvalue weighted by molar-refractivity contribution is 5.17. The SMILES string of the molecule is NN[C@@H]1C=CC=C[C@H]1O. The van der Waals surface area contributed by atoms with Gasteiger partial charge in [-0.2, -0.15) is 0 Å². The number of nitrogens with two attached hydrogens (primary N) is 1. The van der Waals surface area contributed by atoms with Gasteiger partial charge in [0.25, 0.3) is 0 Å². The fourth-order valence-electron chi connectivity index (χ4n) is 0.750. The summed E-state index contributed by atoms with van der Waals surface area (Å²) in [7, 11) is 0. The third kappa shape index (κ3) is 1.38. The lowest BCUT2D eigenvalue weighted by Crippen LogP contribution is -2.42. The third-order valence-corrected chi connectivity index (χ3v) is 1.30. The van der Waals surface area contributed by atoms with Gasteiger partial charge in [0.15, 0.2) is 0 Å². The van der Waals surface area contributed by atoms with Crippen molar-refractivity contribution in [2.75, 3.05) is 0 Å². The maximum absolute atomic E-state index is 9.09. The van der Waals surface area contributed by atoms with Crippen molar-refractivity contribution in [2.45, 2.75) is 12.1 Å². The van der Waals surface area contributed by atoms with E-state index >= 15 is 0 Å². The average Bonchev–Trinajstić information content (AvgIpc) is 1.89. The normalized spacial score (nSPS) is 33.1. The first-order chi connectivity index (χ1) is 4.34. The molecule has 0 bridgehead atoms. The number of allylic oxidation sites excluding steroid dienone is 2. The van der Waals surface area contributed by atoms with Crippen molar-refractivity contribution in [2.24, 2.45) is 5.84 Å². The monoisotopic (exact) mass is 126 g/mol. The molecular formula is C6H10N2O. The van der Waals surface area contributed by atoms with Gasteiger partial charge in [-0.25, -0.2) is 0 Å². The third-order valence-electron chi connectivity index (χ3n) is 1.30. The standard InChI is InChI=1S/C6H10N2O/c7-8-5-3-1-2-4-6(5)9/h1-6,8-9H,7H2/t5-,6-/m1/s1. The highest BCUT2D eigenvalue weighted by Crippen LogP contribution is 2.01. The Morgan fingerprint density at radius 1 is 1.33 bits per heavy atom. The van der Waals surface area contributed by atoms with E-state index in [1.807, 2.05) is 12.2 Å². The fraction of sp³-hybridized carbons (Fsp3) is 0.333. The number of aliphatic hydroxyl groups is 1. The van der Waals surface area contributed by atoms with Gasteiger partial charge in [-0.15, -0.1) is 0 Å². The zero-order chi connectivity index (χ0) is 6.69. The number of aliphatic hydroxyl groups excluding tert-OH is 1. The summed E-state index contributed by atoms with van der Waals surface area (Å²) in [4.78, 5) is 0. The molecule has 2 atom stereocenters. The second kappa shape index (κ2) is 2.77.